The van der Waals surface area contributed by atoms with E-state index in [-0.39, 0.29) is 0 Å². The second-order valence-corrected chi connectivity index (χ2v) is 6.23. The van der Waals surface area contributed by atoms with E-state index >= 15 is 0 Å². The first-order chi connectivity index (χ1) is 9.21. The molecule has 0 aromatic heterocycles. The smallest absolute Gasteiger partial charge is 0.0474 e. The standard InChI is InChI=1S/C16H34N2O/c1-5-7-14-8-9-16(17-2)15(12-14)13-18(3)10-6-11-19-4/h14-17H,5-13H2,1-4H3. The lowest BCUT2D eigenvalue weighted by Gasteiger charge is -2.38. The van der Waals surface area contributed by atoms with Crippen molar-refractivity contribution in [3.05, 3.63) is 0 Å². The first kappa shape index (κ1) is 16.9. The molecule has 1 fully saturated rings. The Labute approximate surface area is 120 Å². The number of hydrogen-bond acceptors (Lipinski definition) is 3. The van der Waals surface area contributed by atoms with E-state index in [1.54, 1.807) is 7.11 Å². The van der Waals surface area contributed by atoms with E-state index < -0.39 is 0 Å². The Morgan fingerprint density at radius 1 is 1.32 bits per heavy atom. The summed E-state index contributed by atoms with van der Waals surface area (Å²) in [4.78, 5) is 2.49. The molecule has 0 aromatic carbocycles. The van der Waals surface area contributed by atoms with E-state index in [0.29, 0.717) is 0 Å². The molecule has 1 saturated carbocycles. The van der Waals surface area contributed by atoms with Gasteiger partial charge in [0.25, 0.3) is 0 Å². The fraction of sp³-hybridized carbons (Fsp3) is 1.00. The summed E-state index contributed by atoms with van der Waals surface area (Å²) < 4.78 is 5.13. The first-order valence-corrected chi connectivity index (χ1v) is 8.06. The molecular weight excluding hydrogens is 236 g/mol. The Bertz CT molecular complexity index is 223. The van der Waals surface area contributed by atoms with Crippen LogP contribution in [0.2, 0.25) is 0 Å². The Kier molecular flexibility index (Phi) is 8.67. The zero-order valence-corrected chi connectivity index (χ0v) is 13.5. The molecule has 0 aromatic rings. The van der Waals surface area contributed by atoms with Gasteiger partial charge >= 0.3 is 0 Å². The van der Waals surface area contributed by atoms with Crippen LogP contribution in [0.5, 0.6) is 0 Å². The third-order valence-corrected chi connectivity index (χ3v) is 4.59. The molecule has 0 bridgehead atoms. The third kappa shape index (κ3) is 6.24. The monoisotopic (exact) mass is 270 g/mol. The minimum Gasteiger partial charge on any atom is -0.385 e. The lowest BCUT2D eigenvalue weighted by Crippen LogP contribution is -2.44. The topological polar surface area (TPSA) is 24.5 Å². The summed E-state index contributed by atoms with van der Waals surface area (Å²) in [5, 5.41) is 3.54. The van der Waals surface area contributed by atoms with Crippen molar-refractivity contribution in [3.8, 4) is 0 Å². The van der Waals surface area contributed by atoms with E-state index in [4.69, 9.17) is 4.74 Å². The van der Waals surface area contributed by atoms with Gasteiger partial charge in [0.05, 0.1) is 0 Å². The molecule has 19 heavy (non-hydrogen) atoms. The summed E-state index contributed by atoms with van der Waals surface area (Å²) in [6.45, 7) is 5.58. The van der Waals surface area contributed by atoms with Gasteiger partial charge in [-0.3, -0.25) is 0 Å². The van der Waals surface area contributed by atoms with Crippen LogP contribution in [0.25, 0.3) is 0 Å². The Morgan fingerprint density at radius 2 is 2.11 bits per heavy atom. The molecule has 3 nitrogen and oxygen atoms in total. The van der Waals surface area contributed by atoms with E-state index in [9.17, 15) is 0 Å². The highest BCUT2D eigenvalue weighted by Gasteiger charge is 2.29. The number of hydrogen-bond donors (Lipinski definition) is 1. The summed E-state index contributed by atoms with van der Waals surface area (Å²) in [5.74, 6) is 1.79. The summed E-state index contributed by atoms with van der Waals surface area (Å²) in [6, 6.07) is 0.720. The number of ether oxygens (including phenoxy) is 1. The van der Waals surface area contributed by atoms with Gasteiger partial charge in [0.15, 0.2) is 0 Å². The summed E-state index contributed by atoms with van der Waals surface area (Å²) in [5.41, 5.74) is 0. The van der Waals surface area contributed by atoms with Crippen LogP contribution >= 0.6 is 0 Å². The van der Waals surface area contributed by atoms with Crippen molar-refractivity contribution in [1.82, 2.24) is 10.2 Å². The Balaban J connectivity index is 2.37. The summed E-state index contributed by atoms with van der Waals surface area (Å²) in [6.07, 6.45) is 8.09. The van der Waals surface area contributed by atoms with Crippen molar-refractivity contribution in [3.63, 3.8) is 0 Å². The highest BCUT2D eigenvalue weighted by atomic mass is 16.5. The Hall–Kier alpha value is -0.120. The number of nitrogens with zero attached hydrogens (tertiary/aromatic N) is 1. The van der Waals surface area contributed by atoms with Crippen molar-refractivity contribution in [1.29, 1.82) is 0 Å². The summed E-state index contributed by atoms with van der Waals surface area (Å²) >= 11 is 0. The van der Waals surface area contributed by atoms with Crippen LogP contribution in [0.3, 0.4) is 0 Å². The number of methoxy groups -OCH3 is 1. The van der Waals surface area contributed by atoms with E-state index in [1.807, 2.05) is 0 Å². The molecular formula is C16H34N2O. The van der Waals surface area contributed by atoms with Crippen molar-refractivity contribution in [2.45, 2.75) is 51.5 Å². The molecule has 1 aliphatic carbocycles. The first-order valence-electron chi connectivity index (χ1n) is 8.06. The van der Waals surface area contributed by atoms with Crippen LogP contribution in [-0.4, -0.2) is 51.8 Å². The predicted octanol–water partition coefficient (Wildman–Crippen LogP) is 2.76. The minimum absolute atomic E-state index is 0.720. The fourth-order valence-corrected chi connectivity index (χ4v) is 3.58. The average Bonchev–Trinajstić information content (AvgIpc) is 2.40. The SMILES string of the molecule is CCCC1CCC(NC)C(CN(C)CCCOC)C1. The van der Waals surface area contributed by atoms with Gasteiger partial charge < -0.3 is 15.0 Å². The van der Waals surface area contributed by atoms with Gasteiger partial charge in [-0.1, -0.05) is 19.8 Å². The second kappa shape index (κ2) is 9.73. The molecule has 0 amide bonds. The number of nitrogens with one attached hydrogen (secondary N) is 1. The van der Waals surface area contributed by atoms with Crippen LogP contribution in [-0.2, 0) is 4.74 Å². The maximum absolute atomic E-state index is 5.13. The van der Waals surface area contributed by atoms with Gasteiger partial charge in [-0.25, -0.2) is 0 Å². The average molecular weight is 270 g/mol. The molecule has 0 radical (unpaired) electrons. The molecule has 3 heteroatoms. The lowest BCUT2D eigenvalue weighted by molar-refractivity contribution is 0.139. The molecule has 1 aliphatic rings. The Morgan fingerprint density at radius 3 is 2.74 bits per heavy atom. The maximum Gasteiger partial charge on any atom is 0.0474 e. The van der Waals surface area contributed by atoms with Gasteiger partial charge in [-0.2, -0.15) is 0 Å². The fourth-order valence-electron chi connectivity index (χ4n) is 3.58. The van der Waals surface area contributed by atoms with E-state index in [1.165, 1.54) is 38.6 Å². The molecule has 0 aliphatic heterocycles. The van der Waals surface area contributed by atoms with Crippen LogP contribution in [0, 0.1) is 11.8 Å². The zero-order valence-electron chi connectivity index (χ0n) is 13.5. The normalized spacial score (nSPS) is 27.9. The van der Waals surface area contributed by atoms with Gasteiger partial charge in [0.1, 0.15) is 0 Å². The molecule has 3 unspecified atom stereocenters. The van der Waals surface area contributed by atoms with Crippen molar-refractivity contribution < 1.29 is 4.74 Å². The van der Waals surface area contributed by atoms with Gasteiger partial charge in [0.2, 0.25) is 0 Å². The van der Waals surface area contributed by atoms with Crippen LogP contribution in [0.1, 0.15) is 45.4 Å². The van der Waals surface area contributed by atoms with Gasteiger partial charge in [-0.15, -0.1) is 0 Å². The lowest BCUT2D eigenvalue weighted by atomic mass is 9.76. The highest BCUT2D eigenvalue weighted by Crippen LogP contribution is 2.32. The molecule has 1 rings (SSSR count). The molecule has 114 valence electrons. The molecule has 0 spiro atoms. The highest BCUT2D eigenvalue weighted by molar-refractivity contribution is 4.85. The van der Waals surface area contributed by atoms with Gasteiger partial charge in [0, 0.05) is 32.8 Å². The van der Waals surface area contributed by atoms with Crippen molar-refractivity contribution >= 4 is 0 Å². The van der Waals surface area contributed by atoms with Crippen LogP contribution in [0.15, 0.2) is 0 Å². The molecule has 1 N–H and O–H groups in total. The molecule has 0 heterocycles. The van der Waals surface area contributed by atoms with Crippen LogP contribution < -0.4 is 5.32 Å². The molecule has 0 saturated heterocycles. The summed E-state index contributed by atoms with van der Waals surface area (Å²) in [7, 11) is 6.17. The van der Waals surface area contributed by atoms with Crippen molar-refractivity contribution in [2.24, 2.45) is 11.8 Å². The largest absolute Gasteiger partial charge is 0.385 e. The minimum atomic E-state index is 0.720. The maximum atomic E-state index is 5.13. The predicted molar refractivity (Wildman–Crippen MR) is 82.6 cm³/mol. The second-order valence-electron chi connectivity index (χ2n) is 6.23. The van der Waals surface area contributed by atoms with E-state index in [2.05, 4.69) is 31.2 Å². The quantitative estimate of drug-likeness (QED) is 0.652. The number of rotatable bonds is 9. The van der Waals surface area contributed by atoms with E-state index in [0.717, 1.165) is 37.5 Å². The van der Waals surface area contributed by atoms with Crippen molar-refractivity contribution in [2.75, 3.05) is 40.9 Å². The molecule has 3 atom stereocenters. The third-order valence-electron chi connectivity index (χ3n) is 4.59. The van der Waals surface area contributed by atoms with Crippen LogP contribution in [0.4, 0.5) is 0 Å². The van der Waals surface area contributed by atoms with Gasteiger partial charge in [-0.05, 0) is 51.6 Å². The zero-order chi connectivity index (χ0) is 14.1.